The van der Waals surface area contributed by atoms with E-state index >= 15 is 0 Å². The fraction of sp³-hybridized carbons (Fsp3) is 0.0833. The summed E-state index contributed by atoms with van der Waals surface area (Å²) < 4.78 is 5.68. The highest BCUT2D eigenvalue weighted by atomic mass is 16.6. The van der Waals surface area contributed by atoms with Crippen molar-refractivity contribution in [3.63, 3.8) is 0 Å². The Morgan fingerprint density at radius 1 is 0.909 bits per heavy atom. The maximum atomic E-state index is 11.8. The van der Waals surface area contributed by atoms with Gasteiger partial charge in [-0.2, -0.15) is 15.2 Å². The number of nitrogens with zero attached hydrogens (tertiary/aromatic N) is 5. The third-order valence-electron chi connectivity index (χ3n) is 4.68. The molecule has 1 N–H and O–H groups in total. The van der Waals surface area contributed by atoms with Crippen LogP contribution in [-0.2, 0) is 6.42 Å². The van der Waals surface area contributed by atoms with E-state index in [1.165, 1.54) is 6.33 Å². The van der Waals surface area contributed by atoms with Crippen LogP contribution in [-0.4, -0.2) is 14.9 Å². The number of benzene rings is 3. The Kier molecular flexibility index (Phi) is 6.60. The highest BCUT2D eigenvalue weighted by Gasteiger charge is 2.25. The van der Waals surface area contributed by atoms with Gasteiger partial charge in [0.25, 0.3) is 0 Å². The lowest BCUT2D eigenvalue weighted by Gasteiger charge is -2.10. The van der Waals surface area contributed by atoms with E-state index in [1.54, 1.807) is 36.4 Å². The summed E-state index contributed by atoms with van der Waals surface area (Å²) in [5, 5.41) is 23.1. The topological polar surface area (TPSA) is 115 Å². The van der Waals surface area contributed by atoms with E-state index < -0.39 is 4.92 Å². The standard InChI is InChI=1S/C24H20N6O3/c1-2-17-8-14-21(15-9-17)33-24-22(30(31)32)23(25-16-26-24)27-18-10-12-20(13-11-18)29-28-19-6-4-3-5-7-19/h3-16H,2H2,1H3,(H,25,26,27). The Morgan fingerprint density at radius 3 is 2.21 bits per heavy atom. The molecule has 0 atom stereocenters. The van der Waals surface area contributed by atoms with Crippen LogP contribution < -0.4 is 10.1 Å². The van der Waals surface area contributed by atoms with Gasteiger partial charge in [-0.15, -0.1) is 0 Å². The van der Waals surface area contributed by atoms with E-state index in [9.17, 15) is 10.1 Å². The first kappa shape index (κ1) is 21.6. The number of nitrogens with one attached hydrogen (secondary N) is 1. The average molecular weight is 440 g/mol. The predicted octanol–water partition coefficient (Wildman–Crippen LogP) is 6.90. The molecular formula is C24H20N6O3. The minimum absolute atomic E-state index is 0.0221. The van der Waals surface area contributed by atoms with Crippen LogP contribution in [0.25, 0.3) is 0 Å². The largest absolute Gasteiger partial charge is 0.434 e. The summed E-state index contributed by atoms with van der Waals surface area (Å²) in [5.41, 5.74) is 2.75. The molecule has 0 aliphatic rings. The van der Waals surface area contributed by atoms with E-state index in [-0.39, 0.29) is 17.4 Å². The van der Waals surface area contributed by atoms with Gasteiger partial charge in [0.05, 0.1) is 16.3 Å². The van der Waals surface area contributed by atoms with Crippen LogP contribution in [0.15, 0.2) is 95.4 Å². The first-order valence-corrected chi connectivity index (χ1v) is 10.2. The van der Waals surface area contributed by atoms with E-state index in [0.717, 1.165) is 17.7 Å². The molecular weight excluding hydrogens is 420 g/mol. The Bertz CT molecular complexity index is 1260. The van der Waals surface area contributed by atoms with Gasteiger partial charge in [-0.3, -0.25) is 10.1 Å². The van der Waals surface area contributed by atoms with Crippen molar-refractivity contribution in [1.82, 2.24) is 9.97 Å². The summed E-state index contributed by atoms with van der Waals surface area (Å²) in [5.74, 6) is 0.331. The van der Waals surface area contributed by atoms with Crippen molar-refractivity contribution in [2.75, 3.05) is 5.32 Å². The first-order chi connectivity index (χ1) is 16.1. The number of ether oxygens (including phenoxy) is 1. The summed E-state index contributed by atoms with van der Waals surface area (Å²) in [6.07, 6.45) is 2.10. The van der Waals surface area contributed by atoms with E-state index in [1.807, 2.05) is 49.4 Å². The van der Waals surface area contributed by atoms with E-state index in [2.05, 4.69) is 25.5 Å². The highest BCUT2D eigenvalue weighted by molar-refractivity contribution is 5.69. The van der Waals surface area contributed by atoms with Crippen molar-refractivity contribution in [3.8, 4) is 11.6 Å². The molecule has 33 heavy (non-hydrogen) atoms. The van der Waals surface area contributed by atoms with Crippen molar-refractivity contribution in [2.45, 2.75) is 13.3 Å². The summed E-state index contributed by atoms with van der Waals surface area (Å²) in [6.45, 7) is 2.04. The van der Waals surface area contributed by atoms with Gasteiger partial charge in [-0.25, -0.2) is 4.98 Å². The van der Waals surface area contributed by atoms with Crippen LogP contribution in [0.1, 0.15) is 12.5 Å². The van der Waals surface area contributed by atoms with Crippen LogP contribution in [0.5, 0.6) is 11.6 Å². The first-order valence-electron chi connectivity index (χ1n) is 10.2. The maximum absolute atomic E-state index is 11.8. The van der Waals surface area contributed by atoms with Crippen molar-refractivity contribution >= 4 is 28.6 Å². The molecule has 0 fully saturated rings. The van der Waals surface area contributed by atoms with Crippen molar-refractivity contribution in [1.29, 1.82) is 0 Å². The number of aryl methyl sites for hydroxylation is 1. The van der Waals surface area contributed by atoms with Gasteiger partial charge in [-0.1, -0.05) is 37.3 Å². The Morgan fingerprint density at radius 2 is 1.58 bits per heavy atom. The number of azo groups is 1. The van der Waals surface area contributed by atoms with Gasteiger partial charge in [0.2, 0.25) is 5.82 Å². The number of anilines is 2. The maximum Gasteiger partial charge on any atom is 0.373 e. The van der Waals surface area contributed by atoms with Crippen LogP contribution in [0, 0.1) is 10.1 Å². The number of aromatic nitrogens is 2. The molecule has 4 aromatic rings. The minimum atomic E-state index is -0.569. The lowest BCUT2D eigenvalue weighted by atomic mass is 10.2. The molecule has 0 saturated heterocycles. The predicted molar refractivity (Wildman–Crippen MR) is 125 cm³/mol. The molecule has 0 spiro atoms. The number of rotatable bonds is 8. The molecule has 0 bridgehead atoms. The molecule has 164 valence electrons. The Labute approximate surface area is 190 Å². The molecule has 0 amide bonds. The van der Waals surface area contributed by atoms with Gasteiger partial charge in [0, 0.05) is 5.69 Å². The number of hydrogen-bond donors (Lipinski definition) is 1. The quantitative estimate of drug-likeness (QED) is 0.181. The second-order valence-electron chi connectivity index (χ2n) is 6.94. The SMILES string of the molecule is CCc1ccc(Oc2ncnc(Nc3ccc(N=Nc4ccccc4)cc3)c2[N+](=O)[O-])cc1. The van der Waals surface area contributed by atoms with Crippen molar-refractivity contribution in [2.24, 2.45) is 10.2 Å². The Balaban J connectivity index is 1.53. The molecule has 9 heteroatoms. The zero-order valence-electron chi connectivity index (χ0n) is 17.8. The van der Waals surface area contributed by atoms with Crippen LogP contribution in [0.4, 0.5) is 28.6 Å². The highest BCUT2D eigenvalue weighted by Crippen LogP contribution is 2.35. The summed E-state index contributed by atoms with van der Waals surface area (Å²) >= 11 is 0. The molecule has 0 unspecified atom stereocenters. The zero-order chi connectivity index (χ0) is 23.0. The molecule has 3 aromatic carbocycles. The Hall–Kier alpha value is -4.66. The van der Waals surface area contributed by atoms with Gasteiger partial charge in [0.1, 0.15) is 12.1 Å². The second-order valence-corrected chi connectivity index (χ2v) is 6.94. The third kappa shape index (κ3) is 5.53. The average Bonchev–Trinajstić information content (AvgIpc) is 2.85. The number of nitro groups is 1. The zero-order valence-corrected chi connectivity index (χ0v) is 17.8. The van der Waals surface area contributed by atoms with Crippen LogP contribution >= 0.6 is 0 Å². The summed E-state index contributed by atoms with van der Waals surface area (Å²) in [6, 6.07) is 23.6. The molecule has 0 aliphatic carbocycles. The normalized spacial score (nSPS) is 10.8. The molecule has 1 aromatic heterocycles. The van der Waals surface area contributed by atoms with Gasteiger partial charge in [-0.05, 0) is 60.5 Å². The van der Waals surface area contributed by atoms with Crippen LogP contribution in [0.2, 0.25) is 0 Å². The van der Waals surface area contributed by atoms with E-state index in [4.69, 9.17) is 4.74 Å². The summed E-state index contributed by atoms with van der Waals surface area (Å²) in [7, 11) is 0. The lowest BCUT2D eigenvalue weighted by molar-refractivity contribution is -0.385. The lowest BCUT2D eigenvalue weighted by Crippen LogP contribution is -2.03. The fourth-order valence-electron chi connectivity index (χ4n) is 2.96. The smallest absolute Gasteiger partial charge is 0.373 e. The molecule has 0 saturated carbocycles. The van der Waals surface area contributed by atoms with Crippen molar-refractivity contribution < 1.29 is 9.66 Å². The van der Waals surface area contributed by atoms with Crippen LogP contribution in [0.3, 0.4) is 0 Å². The second kappa shape index (κ2) is 10.1. The molecule has 4 rings (SSSR count). The minimum Gasteiger partial charge on any atom is -0.434 e. The monoisotopic (exact) mass is 440 g/mol. The third-order valence-corrected chi connectivity index (χ3v) is 4.68. The van der Waals surface area contributed by atoms with Gasteiger partial charge in [0.15, 0.2) is 0 Å². The van der Waals surface area contributed by atoms with Crippen molar-refractivity contribution in [3.05, 3.63) is 101 Å². The molecule has 1 heterocycles. The molecule has 0 radical (unpaired) electrons. The van der Waals surface area contributed by atoms with Gasteiger partial charge >= 0.3 is 11.6 Å². The molecule has 9 nitrogen and oxygen atoms in total. The number of hydrogen-bond acceptors (Lipinski definition) is 8. The van der Waals surface area contributed by atoms with Gasteiger partial charge < -0.3 is 10.1 Å². The molecule has 0 aliphatic heterocycles. The fourth-order valence-corrected chi connectivity index (χ4v) is 2.96. The van der Waals surface area contributed by atoms with E-state index in [0.29, 0.717) is 17.1 Å². The summed E-state index contributed by atoms with van der Waals surface area (Å²) in [4.78, 5) is 19.2.